The first-order valence-electron chi connectivity index (χ1n) is 4.95. The van der Waals surface area contributed by atoms with Gasteiger partial charge in [0, 0.05) is 9.75 Å². The molecule has 2 rings (SSSR count). The van der Waals surface area contributed by atoms with Gasteiger partial charge in [-0.05, 0) is 42.8 Å². The fourth-order valence-corrected chi connectivity index (χ4v) is 2.66. The molecule has 16 heavy (non-hydrogen) atoms. The molecular formula is C12H11ClFNS. The summed E-state index contributed by atoms with van der Waals surface area (Å²) in [7, 11) is 0. The summed E-state index contributed by atoms with van der Waals surface area (Å²) in [6, 6.07) is 8.83. The number of nitrogens with two attached hydrogens (primary N) is 1. The summed E-state index contributed by atoms with van der Waals surface area (Å²) in [5.74, 6) is -0.385. The number of hydrogen-bond acceptors (Lipinski definition) is 2. The lowest BCUT2D eigenvalue weighted by molar-refractivity contribution is 0.628. The first-order valence-corrected chi connectivity index (χ1v) is 6.14. The summed E-state index contributed by atoms with van der Waals surface area (Å²) in [6.45, 7) is 0.643. The van der Waals surface area contributed by atoms with E-state index in [1.807, 2.05) is 12.1 Å². The molecule has 1 nitrogen and oxygen atoms in total. The molecule has 0 unspecified atom stereocenters. The molecule has 0 saturated carbocycles. The lowest BCUT2D eigenvalue weighted by Gasteiger charge is -1.99. The maximum Gasteiger partial charge on any atom is 0.141 e. The van der Waals surface area contributed by atoms with E-state index in [2.05, 4.69) is 0 Å². The van der Waals surface area contributed by atoms with Crippen LogP contribution in [0.25, 0.3) is 10.4 Å². The van der Waals surface area contributed by atoms with Crippen LogP contribution in [0.5, 0.6) is 0 Å². The molecule has 0 radical (unpaired) electrons. The Morgan fingerprint density at radius 2 is 2.06 bits per heavy atom. The molecule has 0 amide bonds. The zero-order valence-electron chi connectivity index (χ0n) is 8.54. The molecule has 1 aromatic heterocycles. The largest absolute Gasteiger partial charge is 0.330 e. The third-order valence-electron chi connectivity index (χ3n) is 2.26. The van der Waals surface area contributed by atoms with Crippen LogP contribution in [-0.4, -0.2) is 6.54 Å². The van der Waals surface area contributed by atoms with Gasteiger partial charge in [0.2, 0.25) is 0 Å². The summed E-state index contributed by atoms with van der Waals surface area (Å²) in [6.07, 6.45) is 0.875. The quantitative estimate of drug-likeness (QED) is 0.889. The van der Waals surface area contributed by atoms with Gasteiger partial charge in [0.1, 0.15) is 5.82 Å². The molecule has 0 bridgehead atoms. The highest BCUT2D eigenvalue weighted by molar-refractivity contribution is 7.15. The van der Waals surface area contributed by atoms with E-state index in [0.717, 1.165) is 16.9 Å². The molecule has 0 fully saturated rings. The highest BCUT2D eigenvalue weighted by Crippen LogP contribution is 2.30. The highest BCUT2D eigenvalue weighted by Gasteiger charge is 2.05. The average molecular weight is 256 g/mol. The Labute approximate surface area is 103 Å². The second-order valence-electron chi connectivity index (χ2n) is 3.43. The van der Waals surface area contributed by atoms with E-state index in [0.29, 0.717) is 6.54 Å². The maximum atomic E-state index is 13.0. The second-order valence-corrected chi connectivity index (χ2v) is 5.01. The van der Waals surface area contributed by atoms with Crippen LogP contribution in [0.1, 0.15) is 4.88 Å². The number of thiophene rings is 1. The van der Waals surface area contributed by atoms with Crippen molar-refractivity contribution in [3.05, 3.63) is 46.0 Å². The van der Waals surface area contributed by atoms with Gasteiger partial charge in [-0.1, -0.05) is 17.7 Å². The minimum atomic E-state index is -0.385. The molecule has 0 atom stereocenters. The maximum absolute atomic E-state index is 13.0. The van der Waals surface area contributed by atoms with Crippen molar-refractivity contribution >= 4 is 22.9 Å². The summed E-state index contributed by atoms with van der Waals surface area (Å²) >= 11 is 7.41. The fourth-order valence-electron chi connectivity index (χ4n) is 1.46. The van der Waals surface area contributed by atoms with Gasteiger partial charge in [-0.3, -0.25) is 0 Å². The van der Waals surface area contributed by atoms with Crippen LogP contribution in [-0.2, 0) is 6.42 Å². The van der Waals surface area contributed by atoms with Crippen molar-refractivity contribution in [1.82, 2.24) is 0 Å². The summed E-state index contributed by atoms with van der Waals surface area (Å²) in [5.41, 5.74) is 6.43. The van der Waals surface area contributed by atoms with Crippen molar-refractivity contribution in [2.24, 2.45) is 5.73 Å². The Morgan fingerprint density at radius 1 is 1.25 bits per heavy atom. The van der Waals surface area contributed by atoms with Crippen LogP contribution >= 0.6 is 22.9 Å². The van der Waals surface area contributed by atoms with E-state index in [1.165, 1.54) is 10.9 Å². The average Bonchev–Trinajstić information content (AvgIpc) is 2.71. The molecular weight excluding hydrogens is 245 g/mol. The molecule has 0 spiro atoms. The first kappa shape index (κ1) is 11.6. The van der Waals surface area contributed by atoms with Crippen LogP contribution in [0.3, 0.4) is 0 Å². The van der Waals surface area contributed by atoms with Gasteiger partial charge in [-0.15, -0.1) is 11.3 Å². The normalized spacial score (nSPS) is 10.7. The fraction of sp³-hybridized carbons (Fsp3) is 0.167. The monoisotopic (exact) mass is 255 g/mol. The zero-order chi connectivity index (χ0) is 11.5. The van der Waals surface area contributed by atoms with Crippen LogP contribution in [0.2, 0.25) is 5.02 Å². The Hall–Kier alpha value is -0.900. The van der Waals surface area contributed by atoms with Crippen molar-refractivity contribution in [2.75, 3.05) is 6.54 Å². The zero-order valence-corrected chi connectivity index (χ0v) is 10.1. The van der Waals surface area contributed by atoms with E-state index in [4.69, 9.17) is 17.3 Å². The molecule has 84 valence electrons. The lowest BCUT2D eigenvalue weighted by atomic mass is 10.2. The van der Waals surface area contributed by atoms with E-state index in [9.17, 15) is 4.39 Å². The molecule has 2 N–H and O–H groups in total. The van der Waals surface area contributed by atoms with E-state index >= 15 is 0 Å². The van der Waals surface area contributed by atoms with Crippen molar-refractivity contribution in [2.45, 2.75) is 6.42 Å². The third kappa shape index (κ3) is 2.43. The van der Waals surface area contributed by atoms with Crippen molar-refractivity contribution in [3.63, 3.8) is 0 Å². The SMILES string of the molecule is NCCc1ccc(-c2ccc(F)c(Cl)c2)s1. The van der Waals surface area contributed by atoms with Gasteiger partial charge >= 0.3 is 0 Å². The van der Waals surface area contributed by atoms with E-state index in [1.54, 1.807) is 23.5 Å². The molecule has 0 saturated heterocycles. The van der Waals surface area contributed by atoms with Gasteiger partial charge in [0.15, 0.2) is 0 Å². The predicted molar refractivity (Wildman–Crippen MR) is 67.5 cm³/mol. The standard InChI is InChI=1S/C12H11ClFNS/c13-10-7-8(1-3-11(10)14)12-4-2-9(16-12)5-6-15/h1-4,7H,5-6,15H2. The van der Waals surface area contributed by atoms with Crippen molar-refractivity contribution < 1.29 is 4.39 Å². The minimum absolute atomic E-state index is 0.159. The molecule has 0 aliphatic carbocycles. The highest BCUT2D eigenvalue weighted by atomic mass is 35.5. The molecule has 0 aliphatic heterocycles. The van der Waals surface area contributed by atoms with Crippen LogP contribution in [0.4, 0.5) is 4.39 Å². The van der Waals surface area contributed by atoms with Crippen LogP contribution in [0.15, 0.2) is 30.3 Å². The van der Waals surface area contributed by atoms with Gasteiger partial charge in [0.05, 0.1) is 5.02 Å². The molecule has 0 aliphatic rings. The van der Waals surface area contributed by atoms with Gasteiger partial charge in [-0.25, -0.2) is 4.39 Å². The Morgan fingerprint density at radius 3 is 2.75 bits per heavy atom. The first-order chi connectivity index (χ1) is 7.70. The van der Waals surface area contributed by atoms with Gasteiger partial charge in [-0.2, -0.15) is 0 Å². The van der Waals surface area contributed by atoms with E-state index in [-0.39, 0.29) is 10.8 Å². The van der Waals surface area contributed by atoms with Crippen molar-refractivity contribution in [3.8, 4) is 10.4 Å². The summed E-state index contributed by atoms with van der Waals surface area (Å²) < 4.78 is 13.0. The smallest absolute Gasteiger partial charge is 0.141 e. The number of rotatable bonds is 3. The van der Waals surface area contributed by atoms with Crippen molar-refractivity contribution in [1.29, 1.82) is 0 Å². The Kier molecular flexibility index (Phi) is 3.59. The van der Waals surface area contributed by atoms with Crippen LogP contribution < -0.4 is 5.73 Å². The summed E-state index contributed by atoms with van der Waals surface area (Å²) in [5, 5.41) is 0.159. The molecule has 2 aromatic rings. The second kappa shape index (κ2) is 4.95. The molecule has 4 heteroatoms. The Balaban J connectivity index is 2.31. The minimum Gasteiger partial charge on any atom is -0.330 e. The molecule has 1 heterocycles. The number of hydrogen-bond donors (Lipinski definition) is 1. The topological polar surface area (TPSA) is 26.0 Å². The number of benzene rings is 1. The lowest BCUT2D eigenvalue weighted by Crippen LogP contribution is -2.00. The van der Waals surface area contributed by atoms with E-state index < -0.39 is 0 Å². The summed E-state index contributed by atoms with van der Waals surface area (Å²) in [4.78, 5) is 2.32. The van der Waals surface area contributed by atoms with Crippen LogP contribution in [0, 0.1) is 5.82 Å². The number of halogens is 2. The van der Waals surface area contributed by atoms with Gasteiger partial charge in [0.25, 0.3) is 0 Å². The van der Waals surface area contributed by atoms with Gasteiger partial charge < -0.3 is 5.73 Å². The third-order valence-corrected chi connectivity index (χ3v) is 3.74. The molecule has 1 aromatic carbocycles. The predicted octanol–water partition coefficient (Wildman–Crippen LogP) is 3.71. The Bertz CT molecular complexity index is 496.